The van der Waals surface area contributed by atoms with Gasteiger partial charge in [-0.05, 0) is 59.0 Å². The molecular weight excluding hydrogens is 290 g/mol. The maximum atomic E-state index is 13.1. The van der Waals surface area contributed by atoms with Crippen LogP contribution in [0.3, 0.4) is 0 Å². The third kappa shape index (κ3) is 2.27. The molecule has 14 heavy (non-hydrogen) atoms. The van der Waals surface area contributed by atoms with E-state index in [1.807, 2.05) is 12.1 Å². The van der Waals surface area contributed by atoms with Gasteiger partial charge in [0, 0.05) is 3.57 Å². The zero-order valence-electron chi connectivity index (χ0n) is 8.10. The maximum Gasteiger partial charge on any atom is 0.136 e. The van der Waals surface area contributed by atoms with E-state index in [1.54, 1.807) is 6.07 Å². The highest BCUT2D eigenvalue weighted by Crippen LogP contribution is 2.33. The van der Waals surface area contributed by atoms with Crippen molar-refractivity contribution >= 4 is 22.6 Å². The quantitative estimate of drug-likeness (QED) is 0.671. The molecule has 1 aliphatic rings. The lowest BCUT2D eigenvalue weighted by molar-refractivity contribution is 0.443. The second-order valence-corrected chi connectivity index (χ2v) is 5.17. The first kappa shape index (κ1) is 10.4. The number of halogens is 2. The zero-order chi connectivity index (χ0) is 9.97. The van der Waals surface area contributed by atoms with E-state index in [9.17, 15) is 4.39 Å². The van der Waals surface area contributed by atoms with Gasteiger partial charge in [0.25, 0.3) is 0 Å². The summed E-state index contributed by atoms with van der Waals surface area (Å²) < 4.78 is 13.8. The molecule has 76 valence electrons. The molecule has 1 aromatic rings. The lowest BCUT2D eigenvalue weighted by Gasteiger charge is -2.22. The Kier molecular flexibility index (Phi) is 3.42. The van der Waals surface area contributed by atoms with Crippen molar-refractivity contribution in [3.63, 3.8) is 0 Å². The van der Waals surface area contributed by atoms with Crippen molar-refractivity contribution in [1.82, 2.24) is 0 Å². The van der Waals surface area contributed by atoms with Crippen LogP contribution in [0.5, 0.6) is 0 Å². The predicted octanol–water partition coefficient (Wildman–Crippen LogP) is 4.48. The van der Waals surface area contributed by atoms with E-state index >= 15 is 0 Å². The van der Waals surface area contributed by atoms with Gasteiger partial charge in [-0.2, -0.15) is 0 Å². The lowest BCUT2D eigenvalue weighted by Crippen LogP contribution is -2.04. The minimum absolute atomic E-state index is 0.0924. The fraction of sp³-hybridized carbons (Fsp3) is 0.500. The van der Waals surface area contributed by atoms with Crippen LogP contribution in [0.25, 0.3) is 0 Å². The molecule has 1 saturated carbocycles. The van der Waals surface area contributed by atoms with Crippen molar-refractivity contribution < 1.29 is 4.39 Å². The summed E-state index contributed by atoms with van der Waals surface area (Å²) in [7, 11) is 0. The van der Waals surface area contributed by atoms with Gasteiger partial charge < -0.3 is 0 Å². The lowest BCUT2D eigenvalue weighted by atomic mass is 9.84. The molecule has 2 heteroatoms. The minimum atomic E-state index is -0.0924. The van der Waals surface area contributed by atoms with Gasteiger partial charge in [0.15, 0.2) is 0 Å². The van der Waals surface area contributed by atoms with Crippen LogP contribution in [-0.4, -0.2) is 0 Å². The van der Waals surface area contributed by atoms with E-state index < -0.39 is 0 Å². The SMILES string of the molecule is Fc1ccc(C2CCCCC2)cc1I. The number of hydrogen-bond donors (Lipinski definition) is 0. The Bertz CT molecular complexity index is 316. The molecule has 0 unspecified atom stereocenters. The highest BCUT2D eigenvalue weighted by molar-refractivity contribution is 14.1. The fourth-order valence-electron chi connectivity index (χ4n) is 2.20. The highest BCUT2D eigenvalue weighted by atomic mass is 127. The molecule has 0 aliphatic heterocycles. The number of benzene rings is 1. The monoisotopic (exact) mass is 304 g/mol. The fourth-order valence-corrected chi connectivity index (χ4v) is 2.74. The summed E-state index contributed by atoms with van der Waals surface area (Å²) in [5, 5.41) is 0. The molecule has 0 nitrogen and oxygen atoms in total. The Morgan fingerprint density at radius 1 is 1.14 bits per heavy atom. The van der Waals surface area contributed by atoms with Gasteiger partial charge in [-0.3, -0.25) is 0 Å². The smallest absolute Gasteiger partial charge is 0.136 e. The first-order valence-electron chi connectivity index (χ1n) is 5.22. The molecular formula is C12H14FI. The Labute approximate surface area is 98.0 Å². The van der Waals surface area contributed by atoms with E-state index in [2.05, 4.69) is 22.6 Å². The van der Waals surface area contributed by atoms with Crippen LogP contribution in [0.1, 0.15) is 43.6 Å². The summed E-state index contributed by atoms with van der Waals surface area (Å²) in [4.78, 5) is 0. The van der Waals surface area contributed by atoms with Gasteiger partial charge in [0.05, 0.1) is 0 Å². The first-order chi connectivity index (χ1) is 6.77. The zero-order valence-corrected chi connectivity index (χ0v) is 10.3. The van der Waals surface area contributed by atoms with Crippen LogP contribution in [0.4, 0.5) is 4.39 Å². The molecule has 1 fully saturated rings. The Morgan fingerprint density at radius 2 is 1.86 bits per heavy atom. The minimum Gasteiger partial charge on any atom is -0.206 e. The molecule has 0 aromatic heterocycles. The van der Waals surface area contributed by atoms with Crippen LogP contribution in [-0.2, 0) is 0 Å². The normalized spacial score (nSPS) is 18.4. The Hall–Kier alpha value is -0.120. The van der Waals surface area contributed by atoms with Gasteiger partial charge in [-0.25, -0.2) is 4.39 Å². The van der Waals surface area contributed by atoms with Crippen molar-refractivity contribution in [3.05, 3.63) is 33.1 Å². The molecule has 0 amide bonds. The summed E-state index contributed by atoms with van der Waals surface area (Å²) >= 11 is 2.07. The standard InChI is InChI=1S/C12H14FI/c13-11-7-6-10(8-12(11)14)9-4-2-1-3-5-9/h6-9H,1-5H2. The molecule has 0 radical (unpaired) electrons. The third-order valence-electron chi connectivity index (χ3n) is 3.02. The van der Waals surface area contributed by atoms with E-state index in [0.29, 0.717) is 5.92 Å². The molecule has 0 N–H and O–H groups in total. The average molecular weight is 304 g/mol. The van der Waals surface area contributed by atoms with Crippen molar-refractivity contribution in [2.24, 2.45) is 0 Å². The van der Waals surface area contributed by atoms with E-state index in [0.717, 1.165) is 3.57 Å². The topological polar surface area (TPSA) is 0 Å². The first-order valence-corrected chi connectivity index (χ1v) is 6.30. The number of hydrogen-bond acceptors (Lipinski definition) is 0. The largest absolute Gasteiger partial charge is 0.206 e. The van der Waals surface area contributed by atoms with E-state index in [1.165, 1.54) is 37.7 Å². The maximum absolute atomic E-state index is 13.1. The van der Waals surface area contributed by atoms with Crippen LogP contribution >= 0.6 is 22.6 Å². The average Bonchev–Trinajstić information content (AvgIpc) is 2.23. The van der Waals surface area contributed by atoms with Gasteiger partial charge in [0.2, 0.25) is 0 Å². The van der Waals surface area contributed by atoms with Gasteiger partial charge >= 0.3 is 0 Å². The second kappa shape index (κ2) is 4.60. The van der Waals surface area contributed by atoms with Crippen LogP contribution < -0.4 is 0 Å². The molecule has 0 atom stereocenters. The highest BCUT2D eigenvalue weighted by Gasteiger charge is 2.16. The van der Waals surface area contributed by atoms with Crippen molar-refractivity contribution in [2.45, 2.75) is 38.0 Å². The van der Waals surface area contributed by atoms with E-state index in [4.69, 9.17) is 0 Å². The van der Waals surface area contributed by atoms with Gasteiger partial charge in [-0.15, -0.1) is 0 Å². The second-order valence-electron chi connectivity index (χ2n) is 4.01. The predicted molar refractivity (Wildman–Crippen MR) is 64.9 cm³/mol. The summed E-state index contributed by atoms with van der Waals surface area (Å²) in [6.07, 6.45) is 6.59. The summed E-state index contributed by atoms with van der Waals surface area (Å²) in [5.74, 6) is 0.586. The molecule has 0 heterocycles. The van der Waals surface area contributed by atoms with Crippen molar-refractivity contribution in [2.75, 3.05) is 0 Å². The van der Waals surface area contributed by atoms with E-state index in [-0.39, 0.29) is 5.82 Å². The number of rotatable bonds is 1. The summed E-state index contributed by atoms with van der Waals surface area (Å²) in [5.41, 5.74) is 1.33. The summed E-state index contributed by atoms with van der Waals surface area (Å²) in [6.45, 7) is 0. The van der Waals surface area contributed by atoms with Crippen LogP contribution in [0.15, 0.2) is 18.2 Å². The van der Waals surface area contributed by atoms with Crippen LogP contribution in [0.2, 0.25) is 0 Å². The Balaban J connectivity index is 2.18. The molecule has 0 bridgehead atoms. The van der Waals surface area contributed by atoms with Gasteiger partial charge in [0.1, 0.15) is 5.82 Å². The van der Waals surface area contributed by atoms with Crippen LogP contribution in [0, 0.1) is 9.39 Å². The molecule has 2 rings (SSSR count). The Morgan fingerprint density at radius 3 is 2.50 bits per heavy atom. The summed E-state index contributed by atoms with van der Waals surface area (Å²) in [6, 6.07) is 5.56. The third-order valence-corrected chi connectivity index (χ3v) is 3.85. The molecule has 1 aliphatic carbocycles. The van der Waals surface area contributed by atoms with Gasteiger partial charge in [-0.1, -0.05) is 25.3 Å². The molecule has 1 aromatic carbocycles. The molecule has 0 saturated heterocycles. The molecule has 0 spiro atoms. The van der Waals surface area contributed by atoms with Crippen molar-refractivity contribution in [3.8, 4) is 0 Å². The van der Waals surface area contributed by atoms with Crippen molar-refractivity contribution in [1.29, 1.82) is 0 Å².